The van der Waals surface area contributed by atoms with Gasteiger partial charge in [0.25, 0.3) is 0 Å². The first kappa shape index (κ1) is 13.5. The van der Waals surface area contributed by atoms with Gasteiger partial charge in [-0.05, 0) is 40.7 Å². The number of hydrogen-bond acceptors (Lipinski definition) is 2. The van der Waals surface area contributed by atoms with Crippen LogP contribution in [-0.2, 0) is 6.54 Å². The molecule has 16 heavy (non-hydrogen) atoms. The van der Waals surface area contributed by atoms with Gasteiger partial charge in [0, 0.05) is 29.7 Å². The third-order valence-corrected chi connectivity index (χ3v) is 3.46. The molecule has 1 unspecified atom stereocenters. The van der Waals surface area contributed by atoms with Crippen molar-refractivity contribution in [1.82, 2.24) is 15.1 Å². The van der Waals surface area contributed by atoms with Crippen molar-refractivity contribution in [3.63, 3.8) is 0 Å². The molecule has 0 fully saturated rings. The molecule has 3 nitrogen and oxygen atoms in total. The van der Waals surface area contributed by atoms with Crippen molar-refractivity contribution in [3.05, 3.63) is 18.0 Å². The second kappa shape index (κ2) is 5.19. The van der Waals surface area contributed by atoms with E-state index in [-0.39, 0.29) is 10.9 Å². The van der Waals surface area contributed by atoms with Crippen LogP contribution in [0.25, 0.3) is 0 Å². The summed E-state index contributed by atoms with van der Waals surface area (Å²) in [5.74, 6) is 0. The summed E-state index contributed by atoms with van der Waals surface area (Å²) < 4.78 is 1.97. The molecule has 1 rings (SSSR count). The van der Waals surface area contributed by atoms with Gasteiger partial charge in [0.2, 0.25) is 0 Å². The number of halogens is 1. The standard InChI is InChI=1S/C12H22ClN3/c1-9(2)16-7-6-11(15-16)8-14-12(4,5)10(3)13/h6-7,9-10,14H,8H2,1-5H3. The Hall–Kier alpha value is -0.540. The van der Waals surface area contributed by atoms with Crippen LogP contribution in [0.3, 0.4) is 0 Å². The first-order valence-corrected chi connectivity index (χ1v) is 6.19. The third-order valence-electron chi connectivity index (χ3n) is 2.91. The molecule has 92 valence electrons. The molecular weight excluding hydrogens is 222 g/mol. The number of aromatic nitrogens is 2. The second-order valence-corrected chi connectivity index (χ2v) is 5.73. The molecule has 0 spiro atoms. The van der Waals surface area contributed by atoms with E-state index in [1.807, 2.05) is 23.9 Å². The van der Waals surface area contributed by atoms with Crippen LogP contribution in [0.15, 0.2) is 12.3 Å². The Labute approximate surface area is 103 Å². The average molecular weight is 244 g/mol. The SMILES string of the molecule is CC(C)n1ccc(CNC(C)(C)C(C)Cl)n1. The van der Waals surface area contributed by atoms with Gasteiger partial charge in [-0.2, -0.15) is 5.10 Å². The van der Waals surface area contributed by atoms with Crippen molar-refractivity contribution >= 4 is 11.6 Å². The van der Waals surface area contributed by atoms with Gasteiger partial charge in [0.1, 0.15) is 0 Å². The Morgan fingerprint density at radius 3 is 2.50 bits per heavy atom. The first-order chi connectivity index (χ1) is 7.33. The number of hydrogen-bond donors (Lipinski definition) is 1. The molecule has 1 aromatic heterocycles. The maximum atomic E-state index is 6.10. The largest absolute Gasteiger partial charge is 0.305 e. The van der Waals surface area contributed by atoms with Crippen LogP contribution < -0.4 is 5.32 Å². The minimum Gasteiger partial charge on any atom is -0.305 e. The quantitative estimate of drug-likeness (QED) is 0.806. The monoisotopic (exact) mass is 243 g/mol. The Morgan fingerprint density at radius 2 is 2.06 bits per heavy atom. The Kier molecular flexibility index (Phi) is 4.39. The van der Waals surface area contributed by atoms with E-state index in [1.165, 1.54) is 0 Å². The van der Waals surface area contributed by atoms with Crippen LogP contribution in [0.5, 0.6) is 0 Å². The van der Waals surface area contributed by atoms with Crippen LogP contribution >= 0.6 is 11.6 Å². The molecular formula is C12H22ClN3. The zero-order valence-corrected chi connectivity index (χ0v) is 11.5. The highest BCUT2D eigenvalue weighted by atomic mass is 35.5. The fourth-order valence-corrected chi connectivity index (χ4v) is 1.30. The van der Waals surface area contributed by atoms with Crippen LogP contribution in [0, 0.1) is 0 Å². The number of rotatable bonds is 5. The summed E-state index contributed by atoms with van der Waals surface area (Å²) >= 11 is 6.10. The normalized spacial score (nSPS) is 14.4. The summed E-state index contributed by atoms with van der Waals surface area (Å²) in [4.78, 5) is 0. The Bertz CT molecular complexity index is 329. The van der Waals surface area contributed by atoms with E-state index in [2.05, 4.69) is 38.1 Å². The van der Waals surface area contributed by atoms with Crippen molar-refractivity contribution in [1.29, 1.82) is 0 Å². The van der Waals surface area contributed by atoms with Gasteiger partial charge >= 0.3 is 0 Å². The van der Waals surface area contributed by atoms with Crippen molar-refractivity contribution in [2.75, 3.05) is 0 Å². The van der Waals surface area contributed by atoms with E-state index >= 15 is 0 Å². The predicted molar refractivity (Wildman–Crippen MR) is 68.8 cm³/mol. The topological polar surface area (TPSA) is 29.9 Å². The van der Waals surface area contributed by atoms with E-state index < -0.39 is 0 Å². The zero-order valence-electron chi connectivity index (χ0n) is 10.8. The van der Waals surface area contributed by atoms with Gasteiger partial charge in [0.15, 0.2) is 0 Å². The molecule has 0 bridgehead atoms. The molecule has 1 atom stereocenters. The van der Waals surface area contributed by atoms with E-state index in [1.54, 1.807) is 0 Å². The fraction of sp³-hybridized carbons (Fsp3) is 0.750. The summed E-state index contributed by atoms with van der Waals surface area (Å²) in [5, 5.41) is 7.99. The maximum absolute atomic E-state index is 6.10. The first-order valence-electron chi connectivity index (χ1n) is 5.76. The molecule has 0 aliphatic heterocycles. The highest BCUT2D eigenvalue weighted by Crippen LogP contribution is 2.15. The summed E-state index contributed by atoms with van der Waals surface area (Å²) in [6.07, 6.45) is 2.01. The summed E-state index contributed by atoms with van der Waals surface area (Å²) in [6.45, 7) is 11.2. The minimum atomic E-state index is -0.0802. The molecule has 1 heterocycles. The van der Waals surface area contributed by atoms with Crippen LogP contribution in [0.1, 0.15) is 46.4 Å². The molecule has 0 aliphatic rings. The molecule has 0 aromatic carbocycles. The van der Waals surface area contributed by atoms with Gasteiger partial charge < -0.3 is 5.32 Å². The highest BCUT2D eigenvalue weighted by molar-refractivity contribution is 6.21. The van der Waals surface area contributed by atoms with Crippen LogP contribution in [-0.4, -0.2) is 20.7 Å². The lowest BCUT2D eigenvalue weighted by Gasteiger charge is -2.28. The van der Waals surface area contributed by atoms with Crippen molar-refractivity contribution in [2.24, 2.45) is 0 Å². The summed E-state index contributed by atoms with van der Waals surface area (Å²) in [5.41, 5.74) is 0.975. The van der Waals surface area contributed by atoms with E-state index in [4.69, 9.17) is 11.6 Å². The fourth-order valence-electron chi connectivity index (χ4n) is 1.22. The smallest absolute Gasteiger partial charge is 0.0762 e. The molecule has 0 amide bonds. The zero-order chi connectivity index (χ0) is 12.3. The van der Waals surface area contributed by atoms with Gasteiger partial charge in [-0.3, -0.25) is 4.68 Å². The Morgan fingerprint density at radius 1 is 1.44 bits per heavy atom. The van der Waals surface area contributed by atoms with E-state index in [0.717, 1.165) is 12.2 Å². The minimum absolute atomic E-state index is 0.0802. The predicted octanol–water partition coefficient (Wildman–Crippen LogP) is 2.96. The highest BCUT2D eigenvalue weighted by Gasteiger charge is 2.23. The number of nitrogens with one attached hydrogen (secondary N) is 1. The molecule has 0 radical (unpaired) electrons. The second-order valence-electron chi connectivity index (χ2n) is 5.07. The van der Waals surface area contributed by atoms with Crippen molar-refractivity contribution < 1.29 is 0 Å². The molecule has 4 heteroatoms. The van der Waals surface area contributed by atoms with Crippen LogP contribution in [0.2, 0.25) is 0 Å². The lowest BCUT2D eigenvalue weighted by molar-refractivity contribution is 0.376. The third kappa shape index (κ3) is 3.49. The van der Waals surface area contributed by atoms with Crippen LogP contribution in [0.4, 0.5) is 0 Å². The maximum Gasteiger partial charge on any atom is 0.0762 e. The number of nitrogens with zero attached hydrogens (tertiary/aromatic N) is 2. The van der Waals surface area contributed by atoms with Gasteiger partial charge in [-0.25, -0.2) is 0 Å². The van der Waals surface area contributed by atoms with Gasteiger partial charge in [-0.15, -0.1) is 11.6 Å². The van der Waals surface area contributed by atoms with Crippen molar-refractivity contribution in [3.8, 4) is 0 Å². The molecule has 1 aromatic rings. The molecule has 0 saturated heterocycles. The lowest BCUT2D eigenvalue weighted by atomic mass is 10.0. The number of alkyl halides is 1. The summed E-state index contributed by atoms with van der Waals surface area (Å²) in [7, 11) is 0. The molecule has 0 saturated carbocycles. The summed E-state index contributed by atoms with van der Waals surface area (Å²) in [6, 6.07) is 2.45. The van der Waals surface area contributed by atoms with Gasteiger partial charge in [0.05, 0.1) is 5.69 Å². The van der Waals surface area contributed by atoms with E-state index in [9.17, 15) is 0 Å². The Balaban J connectivity index is 2.55. The van der Waals surface area contributed by atoms with Crippen molar-refractivity contribution in [2.45, 2.75) is 58.1 Å². The average Bonchev–Trinajstić information content (AvgIpc) is 2.63. The lowest BCUT2D eigenvalue weighted by Crippen LogP contribution is -2.45. The van der Waals surface area contributed by atoms with E-state index in [0.29, 0.717) is 6.04 Å². The molecule has 0 aliphatic carbocycles. The molecule has 1 N–H and O–H groups in total. The van der Waals surface area contributed by atoms with Gasteiger partial charge in [-0.1, -0.05) is 0 Å².